The normalized spacial score (nSPS) is 16.4. The molecule has 0 bridgehead atoms. The largest absolute Gasteiger partial charge is 0.350 e. The van der Waals surface area contributed by atoms with Crippen molar-refractivity contribution in [2.24, 2.45) is 0 Å². The Kier molecular flexibility index (Phi) is 5.59. The van der Waals surface area contributed by atoms with Crippen LogP contribution in [0.5, 0.6) is 0 Å². The van der Waals surface area contributed by atoms with Gasteiger partial charge < -0.3 is 5.32 Å². The van der Waals surface area contributed by atoms with E-state index in [0.717, 1.165) is 13.1 Å². The van der Waals surface area contributed by atoms with Crippen LogP contribution in [0.4, 0.5) is 0 Å². The van der Waals surface area contributed by atoms with E-state index in [1.54, 1.807) is 29.5 Å². The number of rotatable bonds is 5. The zero-order chi connectivity index (χ0) is 16.2. The number of likely N-dealkylation sites (tertiary alicyclic amines) is 1. The van der Waals surface area contributed by atoms with Crippen LogP contribution in [0.15, 0.2) is 35.0 Å². The van der Waals surface area contributed by atoms with E-state index in [2.05, 4.69) is 27.0 Å². The van der Waals surface area contributed by atoms with Gasteiger partial charge in [-0.15, -0.1) is 0 Å². The van der Waals surface area contributed by atoms with Crippen LogP contribution in [0.3, 0.4) is 0 Å². The van der Waals surface area contributed by atoms with Crippen molar-refractivity contribution in [1.82, 2.24) is 10.2 Å². The molecule has 6 heteroatoms. The average Bonchev–Trinajstić information content (AvgIpc) is 3.23. The minimum atomic E-state index is -0.183. The quantitative estimate of drug-likeness (QED) is 0.834. The summed E-state index contributed by atoms with van der Waals surface area (Å²) in [5.74, 6) is -0.183. The number of carbonyl (C=O) groups excluding carboxylic acids is 1. The summed E-state index contributed by atoms with van der Waals surface area (Å²) in [5, 5.41) is 8.17. The second kappa shape index (κ2) is 7.67. The molecular weight excluding hydrogens is 351 g/mol. The molecule has 0 spiro atoms. The predicted molar refractivity (Wildman–Crippen MR) is 96.7 cm³/mol. The van der Waals surface area contributed by atoms with Gasteiger partial charge in [0, 0.05) is 11.6 Å². The third-order valence-corrected chi connectivity index (χ3v) is 5.40. The van der Waals surface area contributed by atoms with Crippen LogP contribution in [-0.4, -0.2) is 30.4 Å². The van der Waals surface area contributed by atoms with Gasteiger partial charge in [0.2, 0.25) is 0 Å². The summed E-state index contributed by atoms with van der Waals surface area (Å²) >= 11 is 13.8. The second-order valence-electron chi connectivity index (χ2n) is 5.65. The monoisotopic (exact) mass is 368 g/mol. The molecule has 1 unspecified atom stereocenters. The molecule has 0 aliphatic carbocycles. The van der Waals surface area contributed by atoms with Crippen LogP contribution < -0.4 is 5.32 Å². The summed E-state index contributed by atoms with van der Waals surface area (Å²) in [5.41, 5.74) is 1.68. The lowest BCUT2D eigenvalue weighted by molar-refractivity contribution is 0.0938. The third kappa shape index (κ3) is 4.07. The van der Waals surface area contributed by atoms with Gasteiger partial charge in [-0.25, -0.2) is 0 Å². The van der Waals surface area contributed by atoms with Crippen LogP contribution in [0.1, 0.15) is 34.8 Å². The number of carbonyl (C=O) groups is 1. The van der Waals surface area contributed by atoms with Crippen molar-refractivity contribution in [3.63, 3.8) is 0 Å². The van der Waals surface area contributed by atoms with E-state index >= 15 is 0 Å². The number of thiophene rings is 1. The van der Waals surface area contributed by atoms with E-state index in [4.69, 9.17) is 23.2 Å². The fourth-order valence-corrected chi connectivity index (χ4v) is 4.01. The summed E-state index contributed by atoms with van der Waals surface area (Å²) in [6.45, 7) is 2.72. The second-order valence-corrected chi connectivity index (χ2v) is 7.27. The van der Waals surface area contributed by atoms with Gasteiger partial charge in [0.1, 0.15) is 0 Å². The maximum Gasteiger partial charge on any atom is 0.252 e. The minimum absolute atomic E-state index is 0.183. The molecule has 122 valence electrons. The van der Waals surface area contributed by atoms with Crippen molar-refractivity contribution in [2.45, 2.75) is 18.9 Å². The number of amides is 1. The lowest BCUT2D eigenvalue weighted by Crippen LogP contribution is -2.36. The summed E-state index contributed by atoms with van der Waals surface area (Å²) in [7, 11) is 0. The fourth-order valence-electron chi connectivity index (χ4n) is 2.93. The van der Waals surface area contributed by atoms with E-state index in [1.807, 2.05) is 0 Å². The van der Waals surface area contributed by atoms with Crippen molar-refractivity contribution < 1.29 is 4.79 Å². The number of nitrogens with one attached hydrogen (secondary N) is 1. The van der Waals surface area contributed by atoms with Crippen LogP contribution >= 0.6 is 34.5 Å². The van der Waals surface area contributed by atoms with Gasteiger partial charge in [0.05, 0.1) is 16.6 Å². The summed E-state index contributed by atoms with van der Waals surface area (Å²) in [6.07, 6.45) is 2.43. The molecule has 1 amide bonds. The maximum atomic E-state index is 12.4. The maximum absolute atomic E-state index is 12.4. The Hall–Kier alpha value is -1.07. The Morgan fingerprint density at radius 2 is 2.04 bits per heavy atom. The van der Waals surface area contributed by atoms with Gasteiger partial charge in [0.25, 0.3) is 5.91 Å². The molecule has 1 saturated heterocycles. The Morgan fingerprint density at radius 3 is 2.74 bits per heavy atom. The van der Waals surface area contributed by atoms with Crippen LogP contribution in [0.2, 0.25) is 10.0 Å². The number of benzene rings is 1. The highest BCUT2D eigenvalue weighted by Gasteiger charge is 2.24. The van der Waals surface area contributed by atoms with Gasteiger partial charge >= 0.3 is 0 Å². The van der Waals surface area contributed by atoms with Gasteiger partial charge in [0.15, 0.2) is 0 Å². The van der Waals surface area contributed by atoms with Crippen molar-refractivity contribution in [3.05, 3.63) is 56.2 Å². The molecule has 2 heterocycles. The van der Waals surface area contributed by atoms with Crippen LogP contribution in [-0.2, 0) is 0 Å². The first-order chi connectivity index (χ1) is 11.1. The Bertz CT molecular complexity index is 669. The first kappa shape index (κ1) is 16.8. The molecule has 23 heavy (non-hydrogen) atoms. The van der Waals surface area contributed by atoms with Crippen LogP contribution in [0, 0.1) is 0 Å². The molecule has 1 fully saturated rings. The molecule has 1 atom stereocenters. The molecule has 1 aromatic heterocycles. The zero-order valence-electron chi connectivity index (χ0n) is 12.6. The first-order valence-electron chi connectivity index (χ1n) is 7.64. The lowest BCUT2D eigenvalue weighted by atomic mass is 10.1. The molecule has 3 nitrogen and oxygen atoms in total. The summed E-state index contributed by atoms with van der Waals surface area (Å²) in [4.78, 5) is 14.9. The average molecular weight is 369 g/mol. The Balaban J connectivity index is 1.71. The van der Waals surface area contributed by atoms with Crippen molar-refractivity contribution >= 4 is 40.4 Å². The van der Waals surface area contributed by atoms with Crippen molar-refractivity contribution in [2.75, 3.05) is 19.6 Å². The molecule has 0 radical (unpaired) electrons. The molecule has 1 aliphatic rings. The molecule has 1 N–H and O–H groups in total. The van der Waals surface area contributed by atoms with Crippen LogP contribution in [0.25, 0.3) is 0 Å². The van der Waals surface area contributed by atoms with Gasteiger partial charge in [-0.05, 0) is 66.5 Å². The molecular formula is C17H18Cl2N2OS. The van der Waals surface area contributed by atoms with Crippen molar-refractivity contribution in [3.8, 4) is 0 Å². The van der Waals surface area contributed by atoms with E-state index in [0.29, 0.717) is 22.2 Å². The van der Waals surface area contributed by atoms with E-state index in [-0.39, 0.29) is 11.9 Å². The molecule has 0 saturated carbocycles. The van der Waals surface area contributed by atoms with Crippen molar-refractivity contribution in [1.29, 1.82) is 0 Å². The highest BCUT2D eigenvalue weighted by Crippen LogP contribution is 2.27. The summed E-state index contributed by atoms with van der Waals surface area (Å²) in [6, 6.07) is 7.28. The zero-order valence-corrected chi connectivity index (χ0v) is 14.9. The number of hydrogen-bond donors (Lipinski definition) is 1. The van der Waals surface area contributed by atoms with Gasteiger partial charge in [-0.1, -0.05) is 23.2 Å². The molecule has 1 aromatic carbocycles. The smallest absolute Gasteiger partial charge is 0.252 e. The number of halogens is 2. The summed E-state index contributed by atoms with van der Waals surface area (Å²) < 4.78 is 0. The highest BCUT2D eigenvalue weighted by atomic mass is 35.5. The third-order valence-electron chi connectivity index (χ3n) is 4.14. The molecule has 2 aromatic rings. The van der Waals surface area contributed by atoms with E-state index in [9.17, 15) is 4.79 Å². The SMILES string of the molecule is O=C(NCC(c1ccsc1)N1CCCC1)c1cc(Cl)ccc1Cl. The minimum Gasteiger partial charge on any atom is -0.350 e. The molecule has 3 rings (SSSR count). The highest BCUT2D eigenvalue weighted by molar-refractivity contribution is 7.08. The topological polar surface area (TPSA) is 32.3 Å². The van der Waals surface area contributed by atoms with E-state index < -0.39 is 0 Å². The first-order valence-corrected chi connectivity index (χ1v) is 9.34. The van der Waals surface area contributed by atoms with E-state index in [1.165, 1.54) is 18.4 Å². The Morgan fingerprint density at radius 1 is 1.26 bits per heavy atom. The fraction of sp³-hybridized carbons (Fsp3) is 0.353. The Labute approximate surface area is 150 Å². The number of nitrogens with zero attached hydrogens (tertiary/aromatic N) is 1. The lowest BCUT2D eigenvalue weighted by Gasteiger charge is -2.27. The standard InChI is InChI=1S/C17H18Cl2N2OS/c18-13-3-4-15(19)14(9-13)17(22)20-10-16(12-5-8-23-11-12)21-6-1-2-7-21/h3-5,8-9,11,16H,1-2,6-7,10H2,(H,20,22). The van der Waals surface area contributed by atoms with Gasteiger partial charge in [-0.3, -0.25) is 9.69 Å². The number of hydrogen-bond acceptors (Lipinski definition) is 3. The molecule has 1 aliphatic heterocycles. The van der Waals surface area contributed by atoms with Gasteiger partial charge in [-0.2, -0.15) is 11.3 Å². The predicted octanol–water partition coefficient (Wildman–Crippen LogP) is 4.62.